The van der Waals surface area contributed by atoms with E-state index in [1.54, 1.807) is 17.0 Å². The molecule has 1 aromatic carbocycles. The molecule has 0 atom stereocenters. The zero-order chi connectivity index (χ0) is 17.0. The van der Waals surface area contributed by atoms with E-state index in [0.29, 0.717) is 49.8 Å². The van der Waals surface area contributed by atoms with E-state index >= 15 is 0 Å². The van der Waals surface area contributed by atoms with E-state index in [2.05, 4.69) is 0 Å². The summed E-state index contributed by atoms with van der Waals surface area (Å²) in [7, 11) is -3.49. The van der Waals surface area contributed by atoms with E-state index in [9.17, 15) is 13.2 Å². The van der Waals surface area contributed by atoms with Crippen LogP contribution >= 0.6 is 0 Å². The van der Waals surface area contributed by atoms with Crippen molar-refractivity contribution >= 4 is 15.9 Å². The van der Waals surface area contributed by atoms with Gasteiger partial charge in [-0.15, -0.1) is 0 Å². The Bertz CT molecular complexity index is 656. The lowest BCUT2D eigenvalue weighted by Crippen LogP contribution is -2.37. The molecule has 0 radical (unpaired) electrons. The third kappa shape index (κ3) is 4.32. The highest BCUT2D eigenvalue weighted by atomic mass is 32.2. The molecule has 5 nitrogen and oxygen atoms in total. The fourth-order valence-corrected chi connectivity index (χ4v) is 4.54. The SMILES string of the molecule is Cc1ccccc1S(=O)(=O)N1CCCN(C(=O)CC(C)C)CC1. The molecular weight excluding hydrogens is 312 g/mol. The Morgan fingerprint density at radius 2 is 1.83 bits per heavy atom. The summed E-state index contributed by atoms with van der Waals surface area (Å²) < 4.78 is 27.2. The number of carbonyl (C=O) groups is 1. The largest absolute Gasteiger partial charge is 0.341 e. The number of carbonyl (C=O) groups excluding carboxylic acids is 1. The second kappa shape index (κ2) is 7.45. The molecule has 0 aromatic heterocycles. The van der Waals surface area contributed by atoms with Gasteiger partial charge in [-0.3, -0.25) is 4.79 Å². The predicted molar refractivity (Wildman–Crippen MR) is 90.6 cm³/mol. The third-order valence-electron chi connectivity index (χ3n) is 4.10. The van der Waals surface area contributed by atoms with Gasteiger partial charge in [0.15, 0.2) is 0 Å². The van der Waals surface area contributed by atoms with Crippen molar-refractivity contribution in [2.24, 2.45) is 5.92 Å². The second-order valence-electron chi connectivity index (χ2n) is 6.50. The average Bonchev–Trinajstić information content (AvgIpc) is 2.73. The molecule has 1 fully saturated rings. The monoisotopic (exact) mass is 338 g/mol. The number of hydrogen-bond donors (Lipinski definition) is 0. The van der Waals surface area contributed by atoms with Crippen LogP contribution in [0.3, 0.4) is 0 Å². The molecule has 0 spiro atoms. The van der Waals surface area contributed by atoms with Gasteiger partial charge in [0.05, 0.1) is 4.90 Å². The van der Waals surface area contributed by atoms with Gasteiger partial charge in [-0.1, -0.05) is 32.0 Å². The van der Waals surface area contributed by atoms with Gasteiger partial charge in [0.1, 0.15) is 0 Å². The van der Waals surface area contributed by atoms with Crippen LogP contribution in [0, 0.1) is 12.8 Å². The van der Waals surface area contributed by atoms with Crippen molar-refractivity contribution in [1.29, 1.82) is 0 Å². The van der Waals surface area contributed by atoms with Crippen LogP contribution in [0.25, 0.3) is 0 Å². The third-order valence-corrected chi connectivity index (χ3v) is 6.16. The molecule has 1 heterocycles. The normalized spacial score (nSPS) is 17.3. The molecule has 0 saturated carbocycles. The van der Waals surface area contributed by atoms with E-state index in [4.69, 9.17) is 0 Å². The van der Waals surface area contributed by atoms with Gasteiger partial charge in [0, 0.05) is 32.6 Å². The van der Waals surface area contributed by atoms with Crippen LogP contribution in [0.1, 0.15) is 32.3 Å². The van der Waals surface area contributed by atoms with E-state index < -0.39 is 10.0 Å². The van der Waals surface area contributed by atoms with E-state index in [1.165, 1.54) is 4.31 Å². The van der Waals surface area contributed by atoms with Gasteiger partial charge in [-0.2, -0.15) is 4.31 Å². The van der Waals surface area contributed by atoms with Crippen LogP contribution in [0.5, 0.6) is 0 Å². The summed E-state index contributed by atoms with van der Waals surface area (Å²) >= 11 is 0. The lowest BCUT2D eigenvalue weighted by Gasteiger charge is -2.23. The van der Waals surface area contributed by atoms with E-state index in [0.717, 1.165) is 5.56 Å². The first-order chi connectivity index (χ1) is 10.8. The molecule has 1 aliphatic rings. The molecule has 128 valence electrons. The molecule has 1 saturated heterocycles. The number of benzene rings is 1. The quantitative estimate of drug-likeness (QED) is 0.846. The van der Waals surface area contributed by atoms with Crippen molar-refractivity contribution in [1.82, 2.24) is 9.21 Å². The molecular formula is C17H26N2O3S. The highest BCUT2D eigenvalue weighted by Gasteiger charge is 2.29. The summed E-state index contributed by atoms with van der Waals surface area (Å²) in [5, 5.41) is 0. The van der Waals surface area contributed by atoms with Crippen molar-refractivity contribution in [2.75, 3.05) is 26.2 Å². The highest BCUT2D eigenvalue weighted by molar-refractivity contribution is 7.89. The van der Waals surface area contributed by atoms with Crippen molar-refractivity contribution in [2.45, 2.75) is 38.5 Å². The van der Waals surface area contributed by atoms with Gasteiger partial charge in [0.2, 0.25) is 15.9 Å². The second-order valence-corrected chi connectivity index (χ2v) is 8.41. The zero-order valence-corrected chi connectivity index (χ0v) is 15.0. The molecule has 1 aromatic rings. The Morgan fingerprint density at radius 3 is 2.48 bits per heavy atom. The predicted octanol–water partition coefficient (Wildman–Crippen LogP) is 2.26. The minimum absolute atomic E-state index is 0.120. The molecule has 0 bridgehead atoms. The number of sulfonamides is 1. The van der Waals surface area contributed by atoms with Gasteiger partial charge in [-0.05, 0) is 30.9 Å². The summed E-state index contributed by atoms with van der Waals surface area (Å²) in [6.45, 7) is 7.77. The first-order valence-corrected chi connectivity index (χ1v) is 9.60. The van der Waals surface area contributed by atoms with Gasteiger partial charge >= 0.3 is 0 Å². The zero-order valence-electron chi connectivity index (χ0n) is 14.2. The summed E-state index contributed by atoms with van der Waals surface area (Å²) in [5.41, 5.74) is 0.754. The Morgan fingerprint density at radius 1 is 1.13 bits per heavy atom. The van der Waals surface area contributed by atoms with Crippen molar-refractivity contribution < 1.29 is 13.2 Å². The highest BCUT2D eigenvalue weighted by Crippen LogP contribution is 2.21. The Labute approximate surface area is 139 Å². The maximum Gasteiger partial charge on any atom is 0.243 e. The average molecular weight is 338 g/mol. The van der Waals surface area contributed by atoms with Crippen LogP contribution in [-0.2, 0) is 14.8 Å². The van der Waals surface area contributed by atoms with Crippen LogP contribution in [-0.4, -0.2) is 49.7 Å². The maximum absolute atomic E-state index is 12.8. The summed E-state index contributed by atoms with van der Waals surface area (Å²) in [5.74, 6) is 0.438. The lowest BCUT2D eigenvalue weighted by molar-refractivity contribution is -0.131. The van der Waals surface area contributed by atoms with Crippen LogP contribution < -0.4 is 0 Å². The molecule has 1 aliphatic heterocycles. The molecule has 2 rings (SSSR count). The van der Waals surface area contributed by atoms with Crippen molar-refractivity contribution in [3.63, 3.8) is 0 Å². The molecule has 6 heteroatoms. The number of nitrogens with zero attached hydrogens (tertiary/aromatic N) is 2. The first kappa shape index (κ1) is 17.9. The first-order valence-electron chi connectivity index (χ1n) is 8.16. The number of hydrogen-bond acceptors (Lipinski definition) is 3. The van der Waals surface area contributed by atoms with Crippen LogP contribution in [0.15, 0.2) is 29.2 Å². The Balaban J connectivity index is 2.11. The lowest BCUT2D eigenvalue weighted by atomic mass is 10.1. The summed E-state index contributed by atoms with van der Waals surface area (Å²) in [6, 6.07) is 7.04. The maximum atomic E-state index is 12.8. The number of aryl methyl sites for hydroxylation is 1. The summed E-state index contributed by atoms with van der Waals surface area (Å²) in [6.07, 6.45) is 1.19. The fraction of sp³-hybridized carbons (Fsp3) is 0.588. The molecule has 0 unspecified atom stereocenters. The Kier molecular flexibility index (Phi) is 5.81. The smallest absolute Gasteiger partial charge is 0.243 e. The molecule has 23 heavy (non-hydrogen) atoms. The Hall–Kier alpha value is -1.40. The van der Waals surface area contributed by atoms with E-state index in [1.807, 2.05) is 32.9 Å². The van der Waals surface area contributed by atoms with Crippen LogP contribution in [0.2, 0.25) is 0 Å². The summed E-state index contributed by atoms with van der Waals surface area (Å²) in [4.78, 5) is 14.4. The van der Waals surface area contributed by atoms with Crippen LogP contribution in [0.4, 0.5) is 0 Å². The van der Waals surface area contributed by atoms with E-state index in [-0.39, 0.29) is 5.91 Å². The topological polar surface area (TPSA) is 57.7 Å². The minimum Gasteiger partial charge on any atom is -0.341 e. The van der Waals surface area contributed by atoms with Crippen molar-refractivity contribution in [3.8, 4) is 0 Å². The molecule has 0 aliphatic carbocycles. The molecule has 0 N–H and O–H groups in total. The fourth-order valence-electron chi connectivity index (χ4n) is 2.85. The number of rotatable bonds is 4. The minimum atomic E-state index is -3.49. The standard InChI is InChI=1S/C17H26N2O3S/c1-14(2)13-17(20)18-9-6-10-19(12-11-18)23(21,22)16-8-5-4-7-15(16)3/h4-5,7-8,14H,6,9-13H2,1-3H3. The van der Waals surface area contributed by atoms with Gasteiger partial charge in [0.25, 0.3) is 0 Å². The number of amides is 1. The van der Waals surface area contributed by atoms with Crippen molar-refractivity contribution in [3.05, 3.63) is 29.8 Å². The molecule has 1 amide bonds. The van der Waals surface area contributed by atoms with Gasteiger partial charge < -0.3 is 4.90 Å². The van der Waals surface area contributed by atoms with Gasteiger partial charge in [-0.25, -0.2) is 8.42 Å².